The number of alkyl halides is 1. The third kappa shape index (κ3) is 6.05. The molecule has 0 bridgehead atoms. The van der Waals surface area contributed by atoms with E-state index in [1.54, 1.807) is 0 Å². The molecule has 0 spiro atoms. The molecule has 0 radical (unpaired) electrons. The summed E-state index contributed by atoms with van der Waals surface area (Å²) >= 11 is 3.08. The summed E-state index contributed by atoms with van der Waals surface area (Å²) < 4.78 is 26.0. The van der Waals surface area contributed by atoms with Gasteiger partial charge in [-0.15, -0.1) is 0 Å². The third-order valence-electron chi connectivity index (χ3n) is 3.45. The van der Waals surface area contributed by atoms with E-state index in [2.05, 4.69) is 25.0 Å². The van der Waals surface area contributed by atoms with E-state index in [4.69, 9.17) is 4.52 Å². The number of carbonyl (C=O) groups is 1. The molecule has 19 heavy (non-hydrogen) atoms. The lowest BCUT2D eigenvalue weighted by atomic mass is 9.86. The van der Waals surface area contributed by atoms with Gasteiger partial charge in [0.25, 0.3) is 0 Å². The van der Waals surface area contributed by atoms with Crippen molar-refractivity contribution in [3.05, 3.63) is 0 Å². The lowest BCUT2D eigenvalue weighted by Gasteiger charge is -2.22. The normalized spacial score (nSPS) is 19.3. The fourth-order valence-electron chi connectivity index (χ4n) is 2.27. The van der Waals surface area contributed by atoms with Gasteiger partial charge in [0, 0.05) is 20.6 Å². The van der Waals surface area contributed by atoms with E-state index in [1.807, 2.05) is 0 Å². The first-order valence-corrected chi connectivity index (χ1v) is 8.95. The predicted octanol–water partition coefficient (Wildman–Crippen LogP) is 4.05. The van der Waals surface area contributed by atoms with Crippen LogP contribution in [0.3, 0.4) is 0 Å². The van der Waals surface area contributed by atoms with Crippen molar-refractivity contribution in [1.29, 1.82) is 0 Å². The highest BCUT2D eigenvalue weighted by atomic mass is 79.9. The Hall–Kier alpha value is 0.260. The Morgan fingerprint density at radius 2 is 1.84 bits per heavy atom. The van der Waals surface area contributed by atoms with Crippen molar-refractivity contribution in [2.24, 2.45) is 5.92 Å². The molecule has 1 saturated carbocycles. The summed E-state index contributed by atoms with van der Waals surface area (Å²) in [5.74, 6) is 0.508. The number of halogens is 1. The van der Waals surface area contributed by atoms with E-state index in [9.17, 15) is 9.36 Å². The molecule has 1 aliphatic rings. The van der Waals surface area contributed by atoms with Crippen LogP contribution >= 0.6 is 23.8 Å². The summed E-state index contributed by atoms with van der Waals surface area (Å²) in [5.41, 5.74) is 0. The van der Waals surface area contributed by atoms with E-state index < -0.39 is 12.8 Å². The minimum atomic E-state index is -3.61. The zero-order chi connectivity index (χ0) is 14.3. The van der Waals surface area contributed by atoms with Gasteiger partial charge in [-0.05, 0) is 28.3 Å². The van der Waals surface area contributed by atoms with E-state index in [0.29, 0.717) is 12.3 Å². The molecule has 1 aliphatic carbocycles. The second-order valence-electron chi connectivity index (χ2n) is 4.74. The van der Waals surface area contributed by atoms with Crippen LogP contribution in [0.25, 0.3) is 0 Å². The van der Waals surface area contributed by atoms with Crippen molar-refractivity contribution in [3.8, 4) is 0 Å². The number of phosphoric ester groups is 1. The molecule has 1 fully saturated rings. The average molecular weight is 357 g/mol. The first-order chi connectivity index (χ1) is 9.00. The van der Waals surface area contributed by atoms with Crippen LogP contribution in [-0.4, -0.2) is 25.0 Å². The smallest absolute Gasteiger partial charge is 0.296 e. The van der Waals surface area contributed by atoms with E-state index >= 15 is 0 Å². The highest BCUT2D eigenvalue weighted by Crippen LogP contribution is 2.49. The van der Waals surface area contributed by atoms with E-state index in [1.165, 1.54) is 46.3 Å². The van der Waals surface area contributed by atoms with Gasteiger partial charge < -0.3 is 0 Å². The standard InChI is InChI=1S/C12H22BrO5P/c1-16-19(15,17-2)18-12(13)11(14)9-8-10-6-4-3-5-7-10/h10,12H,3-9H2,1-2H3. The van der Waals surface area contributed by atoms with Crippen molar-refractivity contribution < 1.29 is 22.9 Å². The molecule has 0 N–H and O–H groups in total. The van der Waals surface area contributed by atoms with Crippen LogP contribution in [0.2, 0.25) is 0 Å². The number of hydrogen-bond donors (Lipinski definition) is 0. The Labute approximate surface area is 123 Å². The van der Waals surface area contributed by atoms with Crippen molar-refractivity contribution in [3.63, 3.8) is 0 Å². The fourth-order valence-corrected chi connectivity index (χ4v) is 3.78. The van der Waals surface area contributed by atoms with Crippen LogP contribution in [0.15, 0.2) is 0 Å². The maximum absolute atomic E-state index is 11.9. The monoisotopic (exact) mass is 356 g/mol. The van der Waals surface area contributed by atoms with Crippen LogP contribution in [0.5, 0.6) is 0 Å². The highest BCUT2D eigenvalue weighted by molar-refractivity contribution is 9.09. The Kier molecular flexibility index (Phi) is 7.77. The van der Waals surface area contributed by atoms with Crippen LogP contribution < -0.4 is 0 Å². The molecule has 112 valence electrons. The minimum absolute atomic E-state index is 0.125. The third-order valence-corrected chi connectivity index (χ3v) is 5.80. The first-order valence-electron chi connectivity index (χ1n) is 6.57. The molecular formula is C12H22BrO5P. The van der Waals surface area contributed by atoms with Crippen LogP contribution in [0, 0.1) is 5.92 Å². The molecule has 1 unspecified atom stereocenters. The number of phosphoric acid groups is 1. The Morgan fingerprint density at radius 1 is 1.26 bits per heavy atom. The van der Waals surface area contributed by atoms with Gasteiger partial charge in [-0.2, -0.15) is 0 Å². The number of hydrogen-bond acceptors (Lipinski definition) is 5. The molecule has 0 heterocycles. The molecule has 0 amide bonds. The summed E-state index contributed by atoms with van der Waals surface area (Å²) in [7, 11) is -1.18. The molecule has 1 atom stereocenters. The Balaban J connectivity index is 2.33. The molecular weight excluding hydrogens is 335 g/mol. The number of rotatable bonds is 8. The lowest BCUT2D eigenvalue weighted by Crippen LogP contribution is -2.19. The summed E-state index contributed by atoms with van der Waals surface area (Å²) in [6.07, 6.45) is 7.53. The second-order valence-corrected chi connectivity index (χ2v) is 7.41. The van der Waals surface area contributed by atoms with Crippen molar-refractivity contribution in [2.45, 2.75) is 50.0 Å². The molecule has 7 heteroatoms. The summed E-state index contributed by atoms with van der Waals surface area (Å²) in [6, 6.07) is 0. The van der Waals surface area contributed by atoms with Gasteiger partial charge in [-0.25, -0.2) is 4.57 Å². The largest absolute Gasteiger partial charge is 0.475 e. The van der Waals surface area contributed by atoms with E-state index in [-0.39, 0.29) is 5.78 Å². The van der Waals surface area contributed by atoms with Crippen LogP contribution in [0.4, 0.5) is 0 Å². The summed E-state index contributed by atoms with van der Waals surface area (Å²) in [5, 5.41) is -0.943. The maximum atomic E-state index is 11.9. The van der Waals surface area contributed by atoms with Gasteiger partial charge in [-0.1, -0.05) is 32.1 Å². The molecule has 0 aliphatic heterocycles. The molecule has 5 nitrogen and oxygen atoms in total. The van der Waals surface area contributed by atoms with Crippen LogP contribution in [0.1, 0.15) is 44.9 Å². The molecule has 0 aromatic heterocycles. The molecule has 0 aromatic rings. The Morgan fingerprint density at radius 3 is 2.37 bits per heavy atom. The van der Waals surface area contributed by atoms with Crippen LogP contribution in [-0.2, 0) is 22.9 Å². The molecule has 1 rings (SSSR count). The minimum Gasteiger partial charge on any atom is -0.296 e. The topological polar surface area (TPSA) is 61.8 Å². The van der Waals surface area contributed by atoms with Crippen molar-refractivity contribution >= 4 is 29.5 Å². The Bertz CT molecular complexity index is 322. The van der Waals surface area contributed by atoms with Gasteiger partial charge in [0.15, 0.2) is 10.8 Å². The zero-order valence-electron chi connectivity index (χ0n) is 11.5. The molecule has 0 saturated heterocycles. The van der Waals surface area contributed by atoms with Crippen molar-refractivity contribution in [1.82, 2.24) is 0 Å². The van der Waals surface area contributed by atoms with Gasteiger partial charge in [0.2, 0.25) is 0 Å². The summed E-state index contributed by atoms with van der Waals surface area (Å²) in [6.45, 7) is 0. The van der Waals surface area contributed by atoms with E-state index in [0.717, 1.165) is 6.42 Å². The predicted molar refractivity (Wildman–Crippen MR) is 76.2 cm³/mol. The number of carbonyl (C=O) groups excluding carboxylic acids is 1. The quantitative estimate of drug-likeness (QED) is 0.484. The van der Waals surface area contributed by atoms with Gasteiger partial charge in [0.05, 0.1) is 0 Å². The van der Waals surface area contributed by atoms with Crippen molar-refractivity contribution in [2.75, 3.05) is 14.2 Å². The first kappa shape index (κ1) is 17.3. The lowest BCUT2D eigenvalue weighted by molar-refractivity contribution is -0.123. The van der Waals surface area contributed by atoms with Gasteiger partial charge in [-0.3, -0.25) is 18.4 Å². The maximum Gasteiger partial charge on any atom is 0.475 e. The van der Waals surface area contributed by atoms with Gasteiger partial charge in [0.1, 0.15) is 0 Å². The number of ketones is 1. The average Bonchev–Trinajstić information content (AvgIpc) is 2.45. The fraction of sp³-hybridized carbons (Fsp3) is 0.917. The molecule has 0 aromatic carbocycles. The second kappa shape index (κ2) is 8.53. The summed E-state index contributed by atoms with van der Waals surface area (Å²) in [4.78, 5) is 11.9. The SMILES string of the molecule is COP(=O)(OC)OC(Br)C(=O)CCC1CCCCC1. The highest BCUT2D eigenvalue weighted by Gasteiger charge is 2.30. The zero-order valence-corrected chi connectivity index (χ0v) is 14.0. The number of Topliss-reactive ketones (excluding diaryl/α,β-unsaturated/α-hetero) is 1. The van der Waals surface area contributed by atoms with Gasteiger partial charge >= 0.3 is 7.82 Å².